The number of nitrogens with zero attached hydrogens (tertiary/aromatic N) is 4. The first kappa shape index (κ1) is 14.6. The molecule has 2 aromatic rings. The van der Waals surface area contributed by atoms with E-state index in [4.69, 9.17) is 9.26 Å². The SMILES string of the molecule is c1cnc(OCC2CCCN(Cc3cc(C4CC4)on3)C2)cn1. The standard InChI is InChI=1S/C17H22N4O2/c1-2-13(12-22-17-9-18-5-6-19-17)10-21(7-1)11-15-8-16(23-20-15)14-3-4-14/h5-6,8-9,13-14H,1-4,7,10-12H2. The molecule has 1 saturated carbocycles. The maximum atomic E-state index is 5.75. The summed E-state index contributed by atoms with van der Waals surface area (Å²) in [6, 6.07) is 2.14. The molecule has 2 aromatic heterocycles. The number of aromatic nitrogens is 3. The van der Waals surface area contributed by atoms with Gasteiger partial charge in [0.05, 0.1) is 18.5 Å². The third-order valence-electron chi connectivity index (χ3n) is 4.55. The predicted octanol–water partition coefficient (Wildman–Crippen LogP) is 2.63. The molecule has 0 bridgehead atoms. The molecule has 1 aliphatic heterocycles. The lowest BCUT2D eigenvalue weighted by atomic mass is 9.99. The molecule has 23 heavy (non-hydrogen) atoms. The van der Waals surface area contributed by atoms with Crippen molar-refractivity contribution >= 4 is 0 Å². The number of piperidine rings is 1. The molecular formula is C17H22N4O2. The number of ether oxygens (including phenoxy) is 1. The smallest absolute Gasteiger partial charge is 0.232 e. The van der Waals surface area contributed by atoms with Gasteiger partial charge in [-0.1, -0.05) is 5.16 Å². The first-order chi connectivity index (χ1) is 11.4. The van der Waals surface area contributed by atoms with Gasteiger partial charge in [0.2, 0.25) is 5.88 Å². The van der Waals surface area contributed by atoms with Gasteiger partial charge in [0.25, 0.3) is 0 Å². The van der Waals surface area contributed by atoms with E-state index >= 15 is 0 Å². The fourth-order valence-corrected chi connectivity index (χ4v) is 3.19. The monoisotopic (exact) mass is 314 g/mol. The average Bonchev–Trinajstić information content (AvgIpc) is 3.34. The van der Waals surface area contributed by atoms with Gasteiger partial charge in [0.15, 0.2) is 0 Å². The normalized spacial score (nSPS) is 22.2. The van der Waals surface area contributed by atoms with E-state index in [1.54, 1.807) is 18.6 Å². The van der Waals surface area contributed by atoms with Gasteiger partial charge in [-0.05, 0) is 32.2 Å². The van der Waals surface area contributed by atoms with Crippen LogP contribution in [-0.2, 0) is 6.54 Å². The Kier molecular flexibility index (Phi) is 4.24. The van der Waals surface area contributed by atoms with Crippen molar-refractivity contribution in [3.8, 4) is 5.88 Å². The van der Waals surface area contributed by atoms with Crippen molar-refractivity contribution < 1.29 is 9.26 Å². The van der Waals surface area contributed by atoms with Crippen LogP contribution in [-0.4, -0.2) is 39.7 Å². The van der Waals surface area contributed by atoms with E-state index < -0.39 is 0 Å². The van der Waals surface area contributed by atoms with E-state index in [2.05, 4.69) is 26.1 Å². The first-order valence-corrected chi connectivity index (χ1v) is 8.43. The second-order valence-corrected chi connectivity index (χ2v) is 6.59. The molecule has 2 fully saturated rings. The molecule has 0 spiro atoms. The van der Waals surface area contributed by atoms with Crippen LogP contribution in [0.5, 0.6) is 5.88 Å². The summed E-state index contributed by atoms with van der Waals surface area (Å²) in [7, 11) is 0. The lowest BCUT2D eigenvalue weighted by Gasteiger charge is -2.31. The highest BCUT2D eigenvalue weighted by molar-refractivity contribution is 5.14. The molecular weight excluding hydrogens is 292 g/mol. The van der Waals surface area contributed by atoms with E-state index in [1.165, 1.54) is 25.7 Å². The van der Waals surface area contributed by atoms with Crippen LogP contribution < -0.4 is 4.74 Å². The second-order valence-electron chi connectivity index (χ2n) is 6.59. The topological polar surface area (TPSA) is 64.3 Å². The Morgan fingerprint density at radius 2 is 2.22 bits per heavy atom. The Hall–Kier alpha value is -1.95. The van der Waals surface area contributed by atoms with Crippen LogP contribution in [0, 0.1) is 5.92 Å². The zero-order valence-electron chi connectivity index (χ0n) is 13.2. The van der Waals surface area contributed by atoms with Gasteiger partial charge in [-0.15, -0.1) is 0 Å². The average molecular weight is 314 g/mol. The Morgan fingerprint density at radius 1 is 1.26 bits per heavy atom. The van der Waals surface area contributed by atoms with Crippen molar-refractivity contribution in [2.75, 3.05) is 19.7 Å². The van der Waals surface area contributed by atoms with Crippen LogP contribution >= 0.6 is 0 Å². The van der Waals surface area contributed by atoms with Crippen molar-refractivity contribution in [2.45, 2.75) is 38.1 Å². The highest BCUT2D eigenvalue weighted by atomic mass is 16.5. The van der Waals surface area contributed by atoms with E-state index in [-0.39, 0.29) is 0 Å². The first-order valence-electron chi connectivity index (χ1n) is 8.43. The van der Waals surface area contributed by atoms with Crippen molar-refractivity contribution in [2.24, 2.45) is 5.92 Å². The van der Waals surface area contributed by atoms with Crippen LogP contribution in [0.4, 0.5) is 0 Å². The summed E-state index contributed by atoms with van der Waals surface area (Å²) in [5.41, 5.74) is 1.06. The van der Waals surface area contributed by atoms with E-state index in [0.717, 1.165) is 31.1 Å². The molecule has 1 saturated heterocycles. The number of hydrogen-bond acceptors (Lipinski definition) is 6. The predicted molar refractivity (Wildman–Crippen MR) is 84.0 cm³/mol. The lowest BCUT2D eigenvalue weighted by molar-refractivity contribution is 0.121. The van der Waals surface area contributed by atoms with E-state index in [9.17, 15) is 0 Å². The van der Waals surface area contributed by atoms with Crippen molar-refractivity contribution in [1.29, 1.82) is 0 Å². The molecule has 0 amide bonds. The largest absolute Gasteiger partial charge is 0.476 e. The second kappa shape index (κ2) is 6.66. The maximum absolute atomic E-state index is 5.75. The third-order valence-corrected chi connectivity index (χ3v) is 4.55. The molecule has 0 aromatic carbocycles. The lowest BCUT2D eigenvalue weighted by Crippen LogP contribution is -2.37. The van der Waals surface area contributed by atoms with Crippen molar-refractivity contribution in [3.05, 3.63) is 36.1 Å². The molecule has 6 nitrogen and oxygen atoms in total. The van der Waals surface area contributed by atoms with E-state index in [1.807, 2.05) is 0 Å². The molecule has 1 atom stereocenters. The molecule has 3 heterocycles. The Morgan fingerprint density at radius 3 is 3.04 bits per heavy atom. The molecule has 1 aliphatic carbocycles. The number of likely N-dealkylation sites (tertiary alicyclic amines) is 1. The highest BCUT2D eigenvalue weighted by Gasteiger charge is 2.28. The van der Waals surface area contributed by atoms with E-state index in [0.29, 0.717) is 24.3 Å². The fraction of sp³-hybridized carbons (Fsp3) is 0.588. The summed E-state index contributed by atoms with van der Waals surface area (Å²) in [6.45, 7) is 3.72. The summed E-state index contributed by atoms with van der Waals surface area (Å²) >= 11 is 0. The van der Waals surface area contributed by atoms with Crippen molar-refractivity contribution in [1.82, 2.24) is 20.0 Å². The van der Waals surface area contributed by atoms with Gasteiger partial charge in [-0.3, -0.25) is 9.88 Å². The maximum Gasteiger partial charge on any atom is 0.232 e. The third kappa shape index (κ3) is 3.88. The summed E-state index contributed by atoms with van der Waals surface area (Å²) in [4.78, 5) is 10.6. The summed E-state index contributed by atoms with van der Waals surface area (Å²) in [5, 5.41) is 4.22. The van der Waals surface area contributed by atoms with Gasteiger partial charge in [-0.2, -0.15) is 0 Å². The minimum atomic E-state index is 0.528. The van der Waals surface area contributed by atoms with Gasteiger partial charge in [0.1, 0.15) is 5.76 Å². The molecule has 1 unspecified atom stereocenters. The Labute approximate surface area is 135 Å². The van der Waals surface area contributed by atoms with Gasteiger partial charge in [-0.25, -0.2) is 4.98 Å². The number of rotatable bonds is 6. The Balaban J connectivity index is 1.28. The summed E-state index contributed by atoms with van der Waals surface area (Å²) < 4.78 is 11.2. The Bertz CT molecular complexity index is 627. The quantitative estimate of drug-likeness (QED) is 0.816. The van der Waals surface area contributed by atoms with Crippen molar-refractivity contribution in [3.63, 3.8) is 0 Å². The summed E-state index contributed by atoms with van der Waals surface area (Å²) in [5.74, 6) is 2.83. The zero-order valence-corrected chi connectivity index (χ0v) is 13.2. The summed E-state index contributed by atoms with van der Waals surface area (Å²) in [6.07, 6.45) is 9.87. The van der Waals surface area contributed by atoms with Crippen LogP contribution in [0.25, 0.3) is 0 Å². The zero-order chi connectivity index (χ0) is 15.5. The minimum Gasteiger partial charge on any atom is -0.476 e. The van der Waals surface area contributed by atoms with Crippen LogP contribution in [0.2, 0.25) is 0 Å². The molecule has 0 N–H and O–H groups in total. The fourth-order valence-electron chi connectivity index (χ4n) is 3.19. The molecule has 0 radical (unpaired) electrons. The van der Waals surface area contributed by atoms with Crippen LogP contribution in [0.15, 0.2) is 29.2 Å². The van der Waals surface area contributed by atoms with Gasteiger partial charge < -0.3 is 9.26 Å². The van der Waals surface area contributed by atoms with Gasteiger partial charge >= 0.3 is 0 Å². The van der Waals surface area contributed by atoms with Gasteiger partial charge in [0, 0.05) is 43.4 Å². The minimum absolute atomic E-state index is 0.528. The molecule has 122 valence electrons. The molecule has 4 rings (SSSR count). The molecule has 6 heteroatoms. The molecule has 2 aliphatic rings. The highest BCUT2D eigenvalue weighted by Crippen LogP contribution is 2.40. The van der Waals surface area contributed by atoms with Crippen LogP contribution in [0.3, 0.4) is 0 Å². The van der Waals surface area contributed by atoms with Crippen LogP contribution in [0.1, 0.15) is 43.1 Å². The number of hydrogen-bond donors (Lipinski definition) is 0.